The number of hydrogen-bond donors (Lipinski definition) is 0. The molecule has 0 unspecified atom stereocenters. The maximum atomic E-state index is 13.6. The van der Waals surface area contributed by atoms with Gasteiger partial charge in [0.25, 0.3) is 0 Å². The summed E-state index contributed by atoms with van der Waals surface area (Å²) in [6, 6.07) is 20.3. The molecule has 0 bridgehead atoms. The van der Waals surface area contributed by atoms with Gasteiger partial charge in [-0.2, -0.15) is 0 Å². The van der Waals surface area contributed by atoms with E-state index in [1.54, 1.807) is 6.08 Å². The lowest BCUT2D eigenvalue weighted by molar-refractivity contribution is 0.0988. The second-order valence-electron chi connectivity index (χ2n) is 12.2. The van der Waals surface area contributed by atoms with Gasteiger partial charge in [-0.05, 0) is 72.9 Å². The zero-order valence-corrected chi connectivity index (χ0v) is 23.8. The molecule has 0 saturated heterocycles. The van der Waals surface area contributed by atoms with E-state index in [2.05, 4.69) is 9.80 Å². The summed E-state index contributed by atoms with van der Waals surface area (Å²) in [6.07, 6.45) is 15.4. The smallest absolute Gasteiger partial charge is 0.197 e. The first-order valence-electron chi connectivity index (χ1n) is 15.6. The first kappa shape index (κ1) is 25.4. The lowest BCUT2D eigenvalue weighted by atomic mass is 9.93. The van der Waals surface area contributed by atoms with Crippen LogP contribution in [0.2, 0.25) is 0 Å². The molecule has 42 heavy (non-hydrogen) atoms. The quantitative estimate of drug-likeness (QED) is 0.189. The second kappa shape index (κ2) is 10.2. The molecular weight excluding hydrogens is 520 g/mol. The van der Waals surface area contributed by atoms with Gasteiger partial charge in [-0.1, -0.05) is 74.9 Å². The Morgan fingerprint density at radius 2 is 1.05 bits per heavy atom. The van der Waals surface area contributed by atoms with Gasteiger partial charge < -0.3 is 9.80 Å². The van der Waals surface area contributed by atoms with E-state index in [4.69, 9.17) is 9.97 Å². The van der Waals surface area contributed by atoms with Gasteiger partial charge >= 0.3 is 0 Å². The molecule has 2 fully saturated rings. The molecule has 1 aromatic heterocycles. The van der Waals surface area contributed by atoms with Crippen molar-refractivity contribution in [1.82, 2.24) is 9.97 Å². The number of ketones is 2. The van der Waals surface area contributed by atoms with Gasteiger partial charge in [0.15, 0.2) is 23.2 Å². The molecule has 0 spiro atoms. The van der Waals surface area contributed by atoms with Crippen LogP contribution in [-0.2, 0) is 0 Å². The van der Waals surface area contributed by atoms with Crippen molar-refractivity contribution in [3.8, 4) is 0 Å². The number of carbonyl (C=O) groups excluding carboxylic acids is 2. The van der Waals surface area contributed by atoms with Crippen LogP contribution >= 0.6 is 0 Å². The molecule has 2 saturated carbocycles. The number of benzene rings is 3. The van der Waals surface area contributed by atoms with Crippen LogP contribution in [0, 0.1) is 0 Å². The number of fused-ring (bicyclic) bond motifs is 4. The van der Waals surface area contributed by atoms with Crippen LogP contribution in [0.3, 0.4) is 0 Å². The predicted octanol–water partition coefficient (Wildman–Crippen LogP) is 7.92. The number of anilines is 2. The maximum absolute atomic E-state index is 13.6. The molecule has 4 aromatic rings. The summed E-state index contributed by atoms with van der Waals surface area (Å²) in [5, 5.41) is 1.94. The summed E-state index contributed by atoms with van der Waals surface area (Å²) >= 11 is 0. The van der Waals surface area contributed by atoms with E-state index in [9.17, 15) is 9.59 Å². The van der Waals surface area contributed by atoms with Gasteiger partial charge in [0.2, 0.25) is 0 Å². The van der Waals surface area contributed by atoms with E-state index < -0.39 is 0 Å². The Morgan fingerprint density at radius 3 is 1.52 bits per heavy atom. The lowest BCUT2D eigenvalue weighted by Crippen LogP contribution is -2.42. The molecule has 6 heteroatoms. The van der Waals surface area contributed by atoms with Crippen LogP contribution in [-0.4, -0.2) is 33.6 Å². The van der Waals surface area contributed by atoms with Crippen molar-refractivity contribution in [1.29, 1.82) is 0 Å². The van der Waals surface area contributed by atoms with Crippen molar-refractivity contribution < 1.29 is 9.59 Å². The highest BCUT2D eigenvalue weighted by molar-refractivity contribution is 6.40. The molecule has 1 aliphatic heterocycles. The minimum absolute atomic E-state index is 0.191. The molecule has 4 aliphatic rings. The fourth-order valence-electron chi connectivity index (χ4n) is 7.52. The monoisotopic (exact) mass is 554 g/mol. The lowest BCUT2D eigenvalue weighted by Gasteiger charge is -2.37. The minimum Gasteiger partial charge on any atom is -0.306 e. The summed E-state index contributed by atoms with van der Waals surface area (Å²) in [6.45, 7) is 0. The van der Waals surface area contributed by atoms with E-state index in [1.165, 1.54) is 38.5 Å². The Kier molecular flexibility index (Phi) is 6.16. The number of Topliss-reactive ketones (excluding diaryl/α,β-unsaturated/α-hetero) is 2. The summed E-state index contributed by atoms with van der Waals surface area (Å²) in [5.41, 5.74) is 3.02. The maximum Gasteiger partial charge on any atom is 0.197 e. The number of rotatable bonds is 3. The third-order valence-electron chi connectivity index (χ3n) is 9.63. The van der Waals surface area contributed by atoms with Crippen molar-refractivity contribution in [3.05, 3.63) is 95.3 Å². The molecular formula is C36H34N4O2. The Hall–Kier alpha value is -4.32. The van der Waals surface area contributed by atoms with Crippen LogP contribution < -0.4 is 9.80 Å². The first-order chi connectivity index (χ1) is 20.7. The summed E-state index contributed by atoms with van der Waals surface area (Å²) in [7, 11) is 0. The normalized spacial score (nSPS) is 19.6. The van der Waals surface area contributed by atoms with E-state index >= 15 is 0 Å². The SMILES string of the molecule is O=C1C(=CC=C2N(C3CCCCC3)c3nc4ccccc4nc3N2C2CCCCC2)C(=O)c2cc3ccccc3cc21. The Morgan fingerprint density at radius 1 is 0.595 bits per heavy atom. The number of allylic oxidation sites excluding steroid dienone is 3. The summed E-state index contributed by atoms with van der Waals surface area (Å²) in [4.78, 5) is 42.5. The van der Waals surface area contributed by atoms with E-state index in [-0.39, 0.29) is 17.1 Å². The van der Waals surface area contributed by atoms with Crippen LogP contribution in [0.25, 0.3) is 21.8 Å². The van der Waals surface area contributed by atoms with Gasteiger partial charge in [0, 0.05) is 23.2 Å². The molecule has 0 atom stereocenters. The predicted molar refractivity (Wildman–Crippen MR) is 167 cm³/mol. The molecule has 210 valence electrons. The van der Waals surface area contributed by atoms with Crippen molar-refractivity contribution in [2.75, 3.05) is 9.80 Å². The van der Waals surface area contributed by atoms with E-state index in [0.717, 1.165) is 64.9 Å². The Balaban J connectivity index is 1.28. The largest absolute Gasteiger partial charge is 0.306 e. The van der Waals surface area contributed by atoms with Crippen molar-refractivity contribution in [2.45, 2.75) is 76.3 Å². The Bertz CT molecular complexity index is 1690. The summed E-state index contributed by atoms with van der Waals surface area (Å²) in [5.74, 6) is 2.45. The number of para-hydroxylation sites is 2. The topological polar surface area (TPSA) is 66.4 Å². The zero-order chi connectivity index (χ0) is 28.2. The van der Waals surface area contributed by atoms with E-state index in [1.807, 2.05) is 66.7 Å². The number of aromatic nitrogens is 2. The summed E-state index contributed by atoms with van der Waals surface area (Å²) < 4.78 is 0. The fraction of sp³-hybridized carbons (Fsp3) is 0.333. The van der Waals surface area contributed by atoms with Gasteiger partial charge in [-0.3, -0.25) is 9.59 Å². The van der Waals surface area contributed by atoms with Crippen molar-refractivity contribution in [2.24, 2.45) is 0 Å². The molecule has 3 aliphatic carbocycles. The first-order valence-corrected chi connectivity index (χ1v) is 15.6. The molecule has 0 radical (unpaired) electrons. The molecule has 0 N–H and O–H groups in total. The molecule has 6 nitrogen and oxygen atoms in total. The molecule has 2 heterocycles. The number of nitrogens with zero attached hydrogens (tertiary/aromatic N) is 4. The van der Waals surface area contributed by atoms with Crippen LogP contribution in [0.15, 0.2) is 84.2 Å². The number of carbonyl (C=O) groups is 2. The van der Waals surface area contributed by atoms with Gasteiger partial charge in [0.1, 0.15) is 5.82 Å². The van der Waals surface area contributed by atoms with Crippen molar-refractivity contribution >= 4 is 45.0 Å². The second-order valence-corrected chi connectivity index (χ2v) is 12.2. The van der Waals surface area contributed by atoms with E-state index in [0.29, 0.717) is 23.2 Å². The minimum atomic E-state index is -0.191. The standard InChI is InChI=1S/C36H34N4O2/c41-33-27(34(42)29-22-24-12-8-7-11-23(24)21-28(29)33)19-20-32-39(25-13-3-1-4-14-25)35-36(40(32)26-15-5-2-6-16-26)38-31-18-10-9-17-30(31)37-35/h7-12,17-22,25-26H,1-6,13-16H2. The highest BCUT2D eigenvalue weighted by Crippen LogP contribution is 2.47. The Labute approximate surface area is 245 Å². The third kappa shape index (κ3) is 4.07. The average Bonchev–Trinajstić information content (AvgIpc) is 3.47. The van der Waals surface area contributed by atoms with Crippen molar-refractivity contribution in [3.63, 3.8) is 0 Å². The van der Waals surface area contributed by atoms with Gasteiger partial charge in [0.05, 0.1) is 16.6 Å². The molecule has 0 amide bonds. The molecule has 3 aromatic carbocycles. The fourth-order valence-corrected chi connectivity index (χ4v) is 7.52. The highest BCUT2D eigenvalue weighted by atomic mass is 16.2. The average molecular weight is 555 g/mol. The third-order valence-corrected chi connectivity index (χ3v) is 9.63. The van der Waals surface area contributed by atoms with Crippen LogP contribution in [0.5, 0.6) is 0 Å². The molecule has 8 rings (SSSR count). The van der Waals surface area contributed by atoms with Gasteiger partial charge in [-0.25, -0.2) is 9.97 Å². The zero-order valence-electron chi connectivity index (χ0n) is 23.8. The highest BCUT2D eigenvalue weighted by Gasteiger charge is 2.42. The van der Waals surface area contributed by atoms with Crippen LogP contribution in [0.1, 0.15) is 84.9 Å². The van der Waals surface area contributed by atoms with Crippen LogP contribution in [0.4, 0.5) is 11.6 Å². The van der Waals surface area contributed by atoms with Gasteiger partial charge in [-0.15, -0.1) is 0 Å². The number of hydrogen-bond acceptors (Lipinski definition) is 6.